The lowest BCUT2D eigenvalue weighted by atomic mass is 10.0. The summed E-state index contributed by atoms with van der Waals surface area (Å²) in [6.45, 7) is -0.0561. The van der Waals surface area contributed by atoms with E-state index in [2.05, 4.69) is 10.6 Å². The Labute approximate surface area is 202 Å². The molecule has 2 aliphatic heterocycles. The summed E-state index contributed by atoms with van der Waals surface area (Å²) in [5.41, 5.74) is 2.73. The maximum atomic E-state index is 12.6. The molecule has 35 heavy (non-hydrogen) atoms. The predicted octanol–water partition coefficient (Wildman–Crippen LogP) is 2.17. The van der Waals surface area contributed by atoms with Crippen molar-refractivity contribution in [1.29, 1.82) is 0 Å². The van der Waals surface area contributed by atoms with Gasteiger partial charge in [-0.2, -0.15) is 8.42 Å². The van der Waals surface area contributed by atoms with Gasteiger partial charge >= 0.3 is 12.2 Å². The van der Waals surface area contributed by atoms with Gasteiger partial charge < -0.3 is 20.1 Å². The van der Waals surface area contributed by atoms with E-state index >= 15 is 0 Å². The number of nitrogens with zero attached hydrogens (tertiary/aromatic N) is 1. The molecule has 186 valence electrons. The van der Waals surface area contributed by atoms with E-state index < -0.39 is 34.5 Å². The molecule has 2 atom stereocenters. The van der Waals surface area contributed by atoms with Gasteiger partial charge in [-0.15, -0.1) is 0 Å². The van der Waals surface area contributed by atoms with Crippen LogP contribution in [0.1, 0.15) is 17.5 Å². The molecule has 2 unspecified atom stereocenters. The number of nitrogens with one attached hydrogen (secondary N) is 2. The number of amides is 3. The van der Waals surface area contributed by atoms with Crippen LogP contribution in [0.15, 0.2) is 48.5 Å². The summed E-state index contributed by atoms with van der Waals surface area (Å²) in [4.78, 5) is 38.5. The molecule has 2 heterocycles. The van der Waals surface area contributed by atoms with Crippen LogP contribution in [-0.4, -0.2) is 58.1 Å². The second-order valence-electron chi connectivity index (χ2n) is 8.23. The highest BCUT2D eigenvalue weighted by Gasteiger charge is 2.34. The molecule has 4 rings (SSSR count). The van der Waals surface area contributed by atoms with Crippen LogP contribution in [0.5, 0.6) is 0 Å². The molecule has 1 saturated heterocycles. The summed E-state index contributed by atoms with van der Waals surface area (Å²) in [7, 11) is -3.65. The number of anilines is 2. The summed E-state index contributed by atoms with van der Waals surface area (Å²) >= 11 is 0. The average Bonchev–Trinajstić information content (AvgIpc) is 3.12. The predicted molar refractivity (Wildman–Crippen MR) is 125 cm³/mol. The van der Waals surface area contributed by atoms with E-state index in [1.807, 2.05) is 30.3 Å². The van der Waals surface area contributed by atoms with Crippen LogP contribution < -0.4 is 15.5 Å². The van der Waals surface area contributed by atoms with Crippen LogP contribution in [0.2, 0.25) is 0 Å². The third-order valence-corrected chi connectivity index (χ3v) is 6.09. The molecule has 2 aromatic carbocycles. The maximum Gasteiger partial charge on any atom is 0.414 e. The van der Waals surface area contributed by atoms with E-state index in [1.54, 1.807) is 18.2 Å². The molecule has 0 bridgehead atoms. The SMILES string of the molecule is CS(=O)(=O)OCC1CN(c2ccc3c(c2)CCC(NC(=O)OCc2ccccc2)C(=O)N3)C(=O)O1. The second-order valence-corrected chi connectivity index (χ2v) is 9.88. The first-order valence-corrected chi connectivity index (χ1v) is 12.7. The third kappa shape index (κ3) is 6.49. The van der Waals surface area contributed by atoms with Gasteiger partial charge in [0.1, 0.15) is 25.4 Å². The third-order valence-electron chi connectivity index (χ3n) is 5.52. The number of cyclic esters (lactones) is 1. The van der Waals surface area contributed by atoms with Crippen molar-refractivity contribution in [3.05, 3.63) is 59.7 Å². The van der Waals surface area contributed by atoms with Gasteiger partial charge in [0.25, 0.3) is 10.1 Å². The summed E-state index contributed by atoms with van der Waals surface area (Å²) in [5, 5.41) is 5.40. The highest BCUT2D eigenvalue weighted by atomic mass is 32.2. The highest BCUT2D eigenvalue weighted by Crippen LogP contribution is 2.30. The molecule has 2 aromatic rings. The molecule has 1 fully saturated rings. The normalized spacial score (nSPS) is 19.9. The Balaban J connectivity index is 1.36. The lowest BCUT2D eigenvalue weighted by molar-refractivity contribution is -0.118. The van der Waals surface area contributed by atoms with Crippen molar-refractivity contribution >= 4 is 39.6 Å². The molecule has 0 saturated carbocycles. The number of hydrogen-bond donors (Lipinski definition) is 2. The number of aryl methyl sites for hydroxylation is 1. The lowest BCUT2D eigenvalue weighted by Crippen LogP contribution is -2.43. The fraction of sp³-hybridized carbons (Fsp3) is 0.348. The van der Waals surface area contributed by atoms with Crippen LogP contribution in [0.4, 0.5) is 21.0 Å². The number of rotatable bonds is 7. The number of benzene rings is 2. The van der Waals surface area contributed by atoms with E-state index in [1.165, 1.54) is 4.90 Å². The van der Waals surface area contributed by atoms with Crippen molar-refractivity contribution in [1.82, 2.24) is 5.32 Å². The molecule has 11 nitrogen and oxygen atoms in total. The monoisotopic (exact) mass is 503 g/mol. The van der Waals surface area contributed by atoms with Gasteiger partial charge in [0.2, 0.25) is 5.91 Å². The molecule has 2 N–H and O–H groups in total. The van der Waals surface area contributed by atoms with Gasteiger partial charge in [-0.3, -0.25) is 13.9 Å². The largest absolute Gasteiger partial charge is 0.445 e. The van der Waals surface area contributed by atoms with Crippen LogP contribution in [0.25, 0.3) is 0 Å². The summed E-state index contributed by atoms with van der Waals surface area (Å²) in [6, 6.07) is 13.5. The van der Waals surface area contributed by atoms with E-state index in [0.29, 0.717) is 24.2 Å². The zero-order valence-electron chi connectivity index (χ0n) is 18.9. The minimum Gasteiger partial charge on any atom is -0.445 e. The van der Waals surface area contributed by atoms with Gasteiger partial charge in [0, 0.05) is 11.4 Å². The Morgan fingerprint density at radius 2 is 1.97 bits per heavy atom. The van der Waals surface area contributed by atoms with Crippen LogP contribution in [0, 0.1) is 0 Å². The number of ether oxygens (including phenoxy) is 2. The summed E-state index contributed by atoms with van der Waals surface area (Å²) < 4.78 is 37.5. The Hall–Kier alpha value is -3.64. The molecule has 0 aliphatic carbocycles. The van der Waals surface area contributed by atoms with E-state index in [-0.39, 0.29) is 25.7 Å². The van der Waals surface area contributed by atoms with Crippen molar-refractivity contribution in [3.8, 4) is 0 Å². The molecule has 3 amide bonds. The topological polar surface area (TPSA) is 140 Å². The number of hydrogen-bond acceptors (Lipinski definition) is 8. The number of carbonyl (C=O) groups is 3. The zero-order valence-corrected chi connectivity index (χ0v) is 19.7. The molecular formula is C23H25N3O8S. The average molecular weight is 504 g/mol. The molecule has 0 spiro atoms. The first kappa shape index (κ1) is 24.5. The number of carbonyl (C=O) groups excluding carboxylic acids is 3. The lowest BCUT2D eigenvalue weighted by Gasteiger charge is -2.16. The molecule has 2 aliphatic rings. The van der Waals surface area contributed by atoms with Crippen LogP contribution in [-0.2, 0) is 41.6 Å². The van der Waals surface area contributed by atoms with Crippen molar-refractivity contribution in [2.75, 3.05) is 29.6 Å². The fourth-order valence-electron chi connectivity index (χ4n) is 3.79. The first-order valence-electron chi connectivity index (χ1n) is 10.9. The standard InChI is InChI=1S/C23H25N3O8S/c1-35(30,31)33-14-18-12-26(23(29)34-18)17-8-10-19-16(11-17)7-9-20(21(27)24-19)25-22(28)32-13-15-5-3-2-4-6-15/h2-6,8,10-11,18,20H,7,9,12-14H2,1H3,(H,24,27)(H,25,28). The van der Waals surface area contributed by atoms with Crippen molar-refractivity contribution in [2.45, 2.75) is 31.6 Å². The molecule has 0 radical (unpaired) electrons. The van der Waals surface area contributed by atoms with Gasteiger partial charge in [-0.05, 0) is 42.2 Å². The van der Waals surface area contributed by atoms with Gasteiger partial charge in [0.05, 0.1) is 12.8 Å². The van der Waals surface area contributed by atoms with E-state index in [9.17, 15) is 22.8 Å². The summed E-state index contributed by atoms with van der Waals surface area (Å²) in [5.74, 6) is -0.369. The van der Waals surface area contributed by atoms with Crippen molar-refractivity contribution in [3.63, 3.8) is 0 Å². The number of fused-ring (bicyclic) bond motifs is 1. The molecular weight excluding hydrogens is 478 g/mol. The summed E-state index contributed by atoms with van der Waals surface area (Å²) in [6.07, 6.45) is -0.333. The zero-order chi connectivity index (χ0) is 25.0. The van der Waals surface area contributed by atoms with Crippen molar-refractivity contribution < 1.29 is 36.5 Å². The number of alkyl carbamates (subject to hydrolysis) is 1. The Bertz CT molecular complexity index is 1220. The second kappa shape index (κ2) is 10.3. The minimum atomic E-state index is -3.65. The van der Waals surface area contributed by atoms with Crippen LogP contribution >= 0.6 is 0 Å². The fourth-order valence-corrected chi connectivity index (χ4v) is 4.19. The quantitative estimate of drug-likeness (QED) is 0.548. The van der Waals surface area contributed by atoms with Gasteiger partial charge in [-0.25, -0.2) is 9.59 Å². The minimum absolute atomic E-state index is 0.0900. The van der Waals surface area contributed by atoms with Crippen molar-refractivity contribution in [2.24, 2.45) is 0 Å². The van der Waals surface area contributed by atoms with E-state index in [4.69, 9.17) is 13.7 Å². The highest BCUT2D eigenvalue weighted by molar-refractivity contribution is 7.85. The molecule has 12 heteroatoms. The molecule has 0 aromatic heterocycles. The maximum absolute atomic E-state index is 12.6. The van der Waals surface area contributed by atoms with E-state index in [0.717, 1.165) is 17.4 Å². The Morgan fingerprint density at radius 1 is 1.20 bits per heavy atom. The van der Waals surface area contributed by atoms with Crippen LogP contribution in [0.3, 0.4) is 0 Å². The Morgan fingerprint density at radius 3 is 2.71 bits per heavy atom. The van der Waals surface area contributed by atoms with Gasteiger partial charge in [-0.1, -0.05) is 30.3 Å². The smallest absolute Gasteiger partial charge is 0.414 e. The Kier molecular flexibility index (Phi) is 7.22. The van der Waals surface area contributed by atoms with Gasteiger partial charge in [0.15, 0.2) is 0 Å². The first-order chi connectivity index (χ1) is 16.7.